The lowest BCUT2D eigenvalue weighted by atomic mass is 10.0. The molecule has 1 amide bonds. The second-order valence-electron chi connectivity index (χ2n) is 7.23. The number of benzene rings is 2. The van der Waals surface area contributed by atoms with Crippen LogP contribution in [0.3, 0.4) is 0 Å². The Morgan fingerprint density at radius 1 is 1.20 bits per heavy atom. The summed E-state index contributed by atoms with van der Waals surface area (Å²) in [4.78, 5) is 13.3. The Bertz CT molecular complexity index is 1030. The van der Waals surface area contributed by atoms with Gasteiger partial charge in [-0.3, -0.25) is 4.79 Å². The van der Waals surface area contributed by atoms with E-state index in [0.717, 1.165) is 24.2 Å². The van der Waals surface area contributed by atoms with Crippen molar-refractivity contribution < 1.29 is 9.53 Å². The smallest absolute Gasteiger partial charge is 0.240 e. The Kier molecular flexibility index (Phi) is 5.94. The minimum atomic E-state index is -0.427. The second kappa shape index (κ2) is 8.79. The lowest BCUT2D eigenvalue weighted by Gasteiger charge is -2.33. The van der Waals surface area contributed by atoms with Crippen LogP contribution in [0.5, 0.6) is 5.75 Å². The van der Waals surface area contributed by atoms with Crippen LogP contribution in [0.4, 0.5) is 5.69 Å². The second-order valence-corrected chi connectivity index (χ2v) is 8.34. The van der Waals surface area contributed by atoms with Crippen LogP contribution < -0.4 is 15.5 Å². The molecule has 8 heteroatoms. The molecule has 0 unspecified atom stereocenters. The van der Waals surface area contributed by atoms with E-state index in [0.29, 0.717) is 16.6 Å². The molecule has 2 heterocycles. The van der Waals surface area contributed by atoms with Crippen LogP contribution in [0, 0.1) is 6.92 Å². The van der Waals surface area contributed by atoms with E-state index in [-0.39, 0.29) is 11.9 Å². The van der Waals surface area contributed by atoms with Crippen LogP contribution >= 0.6 is 11.8 Å². The molecule has 156 valence electrons. The average Bonchev–Trinajstić information content (AvgIpc) is 3.16. The first-order chi connectivity index (χ1) is 14.6. The highest BCUT2D eigenvalue weighted by molar-refractivity contribution is 8.00. The van der Waals surface area contributed by atoms with E-state index in [9.17, 15) is 4.79 Å². The Morgan fingerprint density at radius 3 is 2.70 bits per heavy atom. The number of fused-ring (bicyclic) bond motifs is 1. The molecule has 1 aromatic heterocycles. The molecule has 30 heavy (non-hydrogen) atoms. The zero-order valence-corrected chi connectivity index (χ0v) is 18.1. The van der Waals surface area contributed by atoms with Gasteiger partial charge in [0.1, 0.15) is 11.0 Å². The third-order valence-electron chi connectivity index (χ3n) is 5.04. The van der Waals surface area contributed by atoms with Crippen molar-refractivity contribution in [3.63, 3.8) is 0 Å². The number of para-hydroxylation sites is 2. The van der Waals surface area contributed by atoms with Crippen LogP contribution in [0.25, 0.3) is 0 Å². The Balaban J connectivity index is 1.67. The molecule has 2 atom stereocenters. The van der Waals surface area contributed by atoms with Crippen molar-refractivity contribution in [2.24, 2.45) is 0 Å². The number of thioether (sulfide) groups is 1. The number of anilines is 1. The van der Waals surface area contributed by atoms with Gasteiger partial charge in [-0.15, -0.1) is 10.2 Å². The van der Waals surface area contributed by atoms with Crippen molar-refractivity contribution >= 4 is 23.4 Å². The van der Waals surface area contributed by atoms with Gasteiger partial charge in [0.05, 0.1) is 18.8 Å². The van der Waals surface area contributed by atoms with E-state index in [1.165, 1.54) is 17.3 Å². The summed E-state index contributed by atoms with van der Waals surface area (Å²) in [7, 11) is 1.59. The van der Waals surface area contributed by atoms with E-state index in [1.54, 1.807) is 7.11 Å². The number of aromatic nitrogens is 3. The molecular weight excluding hydrogens is 398 g/mol. The molecule has 0 bridgehead atoms. The van der Waals surface area contributed by atoms with E-state index in [2.05, 4.69) is 59.1 Å². The zero-order valence-electron chi connectivity index (χ0n) is 17.3. The summed E-state index contributed by atoms with van der Waals surface area (Å²) in [5.74, 6) is 1.38. The van der Waals surface area contributed by atoms with Gasteiger partial charge in [0.25, 0.3) is 0 Å². The minimum absolute atomic E-state index is 0.117. The van der Waals surface area contributed by atoms with Crippen LogP contribution in [0.2, 0.25) is 0 Å². The van der Waals surface area contributed by atoms with E-state index < -0.39 is 5.25 Å². The summed E-state index contributed by atoms with van der Waals surface area (Å²) in [6.07, 6.45) is 1.79. The molecule has 4 rings (SSSR count). The Morgan fingerprint density at radius 2 is 1.97 bits per heavy atom. The summed E-state index contributed by atoms with van der Waals surface area (Å²) in [5, 5.41) is 11.9. The third kappa shape index (κ3) is 4.00. The summed E-state index contributed by atoms with van der Waals surface area (Å²) in [6, 6.07) is 15.4. The van der Waals surface area contributed by atoms with Crippen molar-refractivity contribution in [3.05, 3.63) is 65.5 Å². The summed E-state index contributed by atoms with van der Waals surface area (Å²) >= 11 is 1.43. The van der Waals surface area contributed by atoms with Gasteiger partial charge in [0, 0.05) is 6.42 Å². The van der Waals surface area contributed by atoms with Gasteiger partial charge in [0.2, 0.25) is 11.1 Å². The topological polar surface area (TPSA) is 81.1 Å². The van der Waals surface area contributed by atoms with Gasteiger partial charge in [-0.2, -0.15) is 0 Å². The monoisotopic (exact) mass is 423 g/mol. The number of hydrogen-bond donors (Lipinski definition) is 2. The van der Waals surface area contributed by atoms with Gasteiger partial charge >= 0.3 is 0 Å². The van der Waals surface area contributed by atoms with E-state index in [4.69, 9.17) is 4.74 Å². The molecule has 1 aliphatic rings. The highest BCUT2D eigenvalue weighted by Gasteiger charge is 2.38. The molecule has 2 aromatic carbocycles. The number of rotatable bonds is 6. The van der Waals surface area contributed by atoms with Crippen LogP contribution in [-0.2, 0) is 11.2 Å². The predicted molar refractivity (Wildman–Crippen MR) is 119 cm³/mol. The lowest BCUT2D eigenvalue weighted by molar-refractivity contribution is -0.116. The van der Waals surface area contributed by atoms with Gasteiger partial charge < -0.3 is 15.5 Å². The number of carbonyl (C=O) groups excluding carboxylic acids is 1. The first-order valence-corrected chi connectivity index (χ1v) is 10.9. The molecule has 2 N–H and O–H groups in total. The van der Waals surface area contributed by atoms with Gasteiger partial charge in [-0.25, -0.2) is 4.68 Å². The molecule has 0 fully saturated rings. The average molecular weight is 424 g/mol. The zero-order chi connectivity index (χ0) is 21.1. The van der Waals surface area contributed by atoms with Crippen molar-refractivity contribution in [1.82, 2.24) is 14.9 Å². The van der Waals surface area contributed by atoms with Crippen molar-refractivity contribution in [1.29, 1.82) is 0 Å². The van der Waals surface area contributed by atoms with Crippen LogP contribution in [0.1, 0.15) is 36.3 Å². The fourth-order valence-corrected chi connectivity index (χ4v) is 4.56. The van der Waals surface area contributed by atoms with Crippen molar-refractivity contribution in [2.75, 3.05) is 17.9 Å². The maximum absolute atomic E-state index is 13.3. The predicted octanol–water partition coefficient (Wildman–Crippen LogP) is 3.95. The highest BCUT2D eigenvalue weighted by Crippen LogP contribution is 2.38. The number of aryl methyl sites for hydroxylation is 2. The van der Waals surface area contributed by atoms with E-state index in [1.807, 2.05) is 28.9 Å². The number of nitrogens with zero attached hydrogens (tertiary/aromatic N) is 3. The van der Waals surface area contributed by atoms with Crippen molar-refractivity contribution in [3.8, 4) is 5.75 Å². The molecule has 0 saturated carbocycles. The number of amides is 1. The van der Waals surface area contributed by atoms with Crippen LogP contribution in [0.15, 0.2) is 53.7 Å². The lowest BCUT2D eigenvalue weighted by Crippen LogP contribution is -2.41. The number of nitrogens with one attached hydrogen (secondary N) is 2. The third-order valence-corrected chi connectivity index (χ3v) is 6.25. The fourth-order valence-electron chi connectivity index (χ4n) is 3.46. The molecule has 1 aliphatic heterocycles. The summed E-state index contributed by atoms with van der Waals surface area (Å²) in [5.41, 5.74) is 6.35. The molecule has 0 spiro atoms. The molecule has 0 aliphatic carbocycles. The first-order valence-electron chi connectivity index (χ1n) is 9.98. The molecule has 3 aromatic rings. The number of carbonyl (C=O) groups is 1. The van der Waals surface area contributed by atoms with Gasteiger partial charge in [0.15, 0.2) is 5.82 Å². The maximum atomic E-state index is 13.3. The SMILES string of the molecule is CCCc1nnc2n1N[C@@H](c1ccc(C)cc1)[C@H](C(=O)Nc1ccccc1OC)S2. The summed E-state index contributed by atoms with van der Waals surface area (Å²) < 4.78 is 7.30. The molecule has 0 radical (unpaired) electrons. The Labute approximate surface area is 180 Å². The van der Waals surface area contributed by atoms with Crippen LogP contribution in [-0.4, -0.2) is 33.1 Å². The standard InChI is InChI=1S/C22H25N5O2S/c1-4-7-18-24-25-22-27(18)26-19(15-12-10-14(2)11-13-15)20(30-22)21(28)23-16-8-5-6-9-17(16)29-3/h5-6,8-13,19-20,26H,4,7H2,1-3H3,(H,23,28)/t19-,20+/m0/s1. The number of methoxy groups -OCH3 is 1. The maximum Gasteiger partial charge on any atom is 0.240 e. The molecule has 7 nitrogen and oxygen atoms in total. The first kappa shape index (κ1) is 20.3. The molecular formula is C22H25N5O2S. The van der Waals surface area contributed by atoms with Gasteiger partial charge in [-0.1, -0.05) is 60.6 Å². The van der Waals surface area contributed by atoms with Crippen molar-refractivity contribution in [2.45, 2.75) is 43.1 Å². The fraction of sp³-hybridized carbons (Fsp3) is 0.318. The highest BCUT2D eigenvalue weighted by atomic mass is 32.2. The molecule has 0 saturated heterocycles. The number of hydrogen-bond acceptors (Lipinski definition) is 6. The quantitative estimate of drug-likeness (QED) is 0.625. The normalized spacial score (nSPS) is 17.7. The minimum Gasteiger partial charge on any atom is -0.495 e. The van der Waals surface area contributed by atoms with E-state index >= 15 is 0 Å². The Hall–Kier alpha value is -3.00. The summed E-state index contributed by atoms with van der Waals surface area (Å²) in [6.45, 7) is 4.16. The number of ether oxygens (including phenoxy) is 1. The van der Waals surface area contributed by atoms with Gasteiger partial charge in [-0.05, 0) is 31.0 Å². The largest absolute Gasteiger partial charge is 0.495 e.